The number of fused-ring (bicyclic) bond motifs is 2. The smallest absolute Gasteiger partial charge is 0.411 e. The van der Waals surface area contributed by atoms with E-state index in [1.54, 1.807) is 42.1 Å². The van der Waals surface area contributed by atoms with Crippen LogP contribution >= 0.6 is 0 Å². The molecule has 0 saturated carbocycles. The summed E-state index contributed by atoms with van der Waals surface area (Å²) in [5, 5.41) is 16.3. The molecule has 10 nitrogen and oxygen atoms in total. The first-order valence-corrected chi connectivity index (χ1v) is 15.4. The Morgan fingerprint density at radius 3 is 2.71 bits per heavy atom. The van der Waals surface area contributed by atoms with Gasteiger partial charge in [-0.1, -0.05) is 18.2 Å². The van der Waals surface area contributed by atoms with Crippen molar-refractivity contribution in [2.75, 3.05) is 31.2 Å². The van der Waals surface area contributed by atoms with Gasteiger partial charge in [0.25, 0.3) is 11.5 Å². The molecule has 2 aromatic carbocycles. The van der Waals surface area contributed by atoms with E-state index in [1.165, 1.54) is 13.0 Å². The van der Waals surface area contributed by atoms with Gasteiger partial charge in [0.2, 0.25) is 0 Å². The molecule has 0 unspecified atom stereocenters. The van der Waals surface area contributed by atoms with Crippen LogP contribution in [0, 0.1) is 12.7 Å². The number of aliphatic carboxylic acids is 1. The van der Waals surface area contributed by atoms with E-state index >= 15 is 4.39 Å². The van der Waals surface area contributed by atoms with Gasteiger partial charge < -0.3 is 29.9 Å². The third-order valence-corrected chi connectivity index (χ3v) is 9.00. The number of hydrogen-bond acceptors (Lipinski definition) is 7. The van der Waals surface area contributed by atoms with Crippen molar-refractivity contribution in [3.05, 3.63) is 92.8 Å². The first kappa shape index (κ1) is 33.1. The summed E-state index contributed by atoms with van der Waals surface area (Å²) < 4.78 is 62.9. The number of hydrogen-bond donors (Lipinski definition) is 3. The van der Waals surface area contributed by atoms with Crippen LogP contribution in [-0.4, -0.2) is 71.1 Å². The Morgan fingerprint density at radius 2 is 1.98 bits per heavy atom. The van der Waals surface area contributed by atoms with E-state index in [-0.39, 0.29) is 36.4 Å². The van der Waals surface area contributed by atoms with Crippen molar-refractivity contribution in [3.8, 4) is 11.1 Å². The van der Waals surface area contributed by atoms with Gasteiger partial charge in [0, 0.05) is 73.6 Å². The van der Waals surface area contributed by atoms with Gasteiger partial charge in [-0.25, -0.2) is 9.18 Å². The molecule has 1 saturated heterocycles. The first-order valence-electron chi connectivity index (χ1n) is 15.4. The Balaban J connectivity index is 1.29. The largest absolute Gasteiger partial charge is 0.480 e. The third-order valence-electron chi connectivity index (χ3n) is 9.00. The van der Waals surface area contributed by atoms with Crippen LogP contribution in [0.5, 0.6) is 0 Å². The minimum atomic E-state index is -4.62. The van der Waals surface area contributed by atoms with Gasteiger partial charge in [0.15, 0.2) is 0 Å². The van der Waals surface area contributed by atoms with Crippen LogP contribution in [-0.2, 0) is 36.0 Å². The summed E-state index contributed by atoms with van der Waals surface area (Å²) in [6, 6.07) is 7.30. The molecular weight excluding hydrogens is 634 g/mol. The number of carbonyl (C=O) groups is 2. The normalized spacial score (nSPS) is 17.2. The number of carbonyl (C=O) groups excluding carboxylic acids is 1. The fourth-order valence-electron chi connectivity index (χ4n) is 6.58. The Morgan fingerprint density at radius 1 is 1.19 bits per heavy atom. The number of nitrogens with one attached hydrogen (secondary N) is 2. The SMILES string of the molecule is Cc1cc(N2CCOC[C@@H]2C(F)(F)F)cc(F)c1C(=O)N[C@@H](Cc1ccc(-c2cc3c(n(C)c2=O)CCNC3)c2ncccc12)C(=O)O. The maximum Gasteiger partial charge on any atom is 0.411 e. The van der Waals surface area contributed by atoms with E-state index in [2.05, 4.69) is 15.6 Å². The molecule has 0 radical (unpaired) electrons. The molecule has 4 heterocycles. The number of ether oxygens (including phenoxy) is 1. The summed E-state index contributed by atoms with van der Waals surface area (Å²) in [5.74, 6) is -3.49. The number of aryl methyl sites for hydroxylation is 1. The molecule has 1 amide bonds. The van der Waals surface area contributed by atoms with Crippen molar-refractivity contribution in [3.63, 3.8) is 0 Å². The van der Waals surface area contributed by atoms with Crippen molar-refractivity contribution in [2.45, 2.75) is 44.6 Å². The molecule has 4 aromatic rings. The molecule has 2 aliphatic rings. The second-order valence-corrected chi connectivity index (χ2v) is 12.0. The monoisotopic (exact) mass is 667 g/mol. The lowest BCUT2D eigenvalue weighted by atomic mass is 9.94. The predicted molar refractivity (Wildman–Crippen MR) is 170 cm³/mol. The number of anilines is 1. The molecule has 252 valence electrons. The fourth-order valence-corrected chi connectivity index (χ4v) is 6.58. The van der Waals surface area contributed by atoms with E-state index in [4.69, 9.17) is 4.74 Å². The van der Waals surface area contributed by atoms with Crippen LogP contribution in [0.1, 0.15) is 32.7 Å². The number of benzene rings is 2. The maximum atomic E-state index is 15.4. The second-order valence-electron chi connectivity index (χ2n) is 12.0. The van der Waals surface area contributed by atoms with Crippen molar-refractivity contribution >= 4 is 28.5 Å². The molecule has 6 rings (SSSR count). The van der Waals surface area contributed by atoms with Gasteiger partial charge in [0.1, 0.15) is 17.9 Å². The molecule has 2 aliphatic heterocycles. The maximum absolute atomic E-state index is 15.4. The van der Waals surface area contributed by atoms with Gasteiger partial charge >= 0.3 is 12.1 Å². The molecule has 48 heavy (non-hydrogen) atoms. The third kappa shape index (κ3) is 6.24. The molecule has 3 N–H and O–H groups in total. The lowest BCUT2D eigenvalue weighted by Crippen LogP contribution is -2.53. The number of amides is 1. The summed E-state index contributed by atoms with van der Waals surface area (Å²) in [6.07, 6.45) is -2.53. The number of alkyl halides is 3. The predicted octanol–water partition coefficient (Wildman–Crippen LogP) is 3.89. The number of rotatable bonds is 7. The van der Waals surface area contributed by atoms with Gasteiger partial charge in [-0.15, -0.1) is 0 Å². The number of morpholine rings is 1. The highest BCUT2D eigenvalue weighted by molar-refractivity contribution is 5.99. The Bertz CT molecular complexity index is 1960. The molecule has 14 heteroatoms. The summed E-state index contributed by atoms with van der Waals surface area (Å²) in [5.41, 5.74) is 3.30. The number of carboxylic acids is 1. The van der Waals surface area contributed by atoms with Gasteiger partial charge in [-0.2, -0.15) is 13.2 Å². The minimum Gasteiger partial charge on any atom is -0.480 e. The van der Waals surface area contributed by atoms with Crippen molar-refractivity contribution in [1.29, 1.82) is 0 Å². The standard InChI is InChI=1S/C34H33F4N5O5/c1-18-12-21(43-10-11-48-17-28(43)34(36,37)38)15-25(35)29(18)31(44)41-26(33(46)47)14-19-5-6-23(30-22(19)4-3-8-40-30)24-13-20-16-39-9-7-27(20)42(2)32(24)45/h3-6,8,12-13,15,26,28,39H,7,9-11,14,16-17H2,1-2H3,(H,41,44)(H,46,47)/t26-,28+/m0/s1. The van der Waals surface area contributed by atoms with E-state index in [0.717, 1.165) is 35.2 Å². The van der Waals surface area contributed by atoms with E-state index in [0.29, 0.717) is 34.1 Å². The van der Waals surface area contributed by atoms with Crippen LogP contribution in [0.3, 0.4) is 0 Å². The van der Waals surface area contributed by atoms with Crippen molar-refractivity contribution in [1.82, 2.24) is 20.2 Å². The molecule has 2 aromatic heterocycles. The van der Waals surface area contributed by atoms with E-state index in [9.17, 15) is 32.7 Å². The van der Waals surface area contributed by atoms with Crippen LogP contribution in [0.15, 0.2) is 53.5 Å². The topological polar surface area (TPSA) is 126 Å². The van der Waals surface area contributed by atoms with E-state index in [1.807, 2.05) is 6.07 Å². The lowest BCUT2D eigenvalue weighted by molar-refractivity contribution is -0.167. The van der Waals surface area contributed by atoms with Crippen LogP contribution in [0.2, 0.25) is 0 Å². The quantitative estimate of drug-likeness (QED) is 0.254. The summed E-state index contributed by atoms with van der Waals surface area (Å²) in [4.78, 5) is 44.6. The Kier molecular flexibility index (Phi) is 8.96. The fraction of sp³-hybridized carbons (Fsp3) is 0.353. The van der Waals surface area contributed by atoms with Gasteiger partial charge in [-0.05, 0) is 47.9 Å². The first-order chi connectivity index (χ1) is 22.8. The van der Waals surface area contributed by atoms with Crippen molar-refractivity contribution < 1.29 is 37.0 Å². The van der Waals surface area contributed by atoms with Gasteiger partial charge in [-0.3, -0.25) is 14.6 Å². The highest BCUT2D eigenvalue weighted by Gasteiger charge is 2.45. The molecule has 0 bridgehead atoms. The Hall–Kier alpha value is -4.82. The molecule has 1 fully saturated rings. The minimum absolute atomic E-state index is 0.0163. The molecule has 0 spiro atoms. The zero-order chi connectivity index (χ0) is 34.3. The van der Waals surface area contributed by atoms with E-state index < -0.39 is 48.1 Å². The van der Waals surface area contributed by atoms with Crippen molar-refractivity contribution in [2.24, 2.45) is 7.05 Å². The molecular formula is C34H33F4N5O5. The zero-order valence-electron chi connectivity index (χ0n) is 26.2. The van der Waals surface area contributed by atoms with Crippen LogP contribution in [0.4, 0.5) is 23.2 Å². The lowest BCUT2D eigenvalue weighted by Gasteiger charge is -2.38. The zero-order valence-corrected chi connectivity index (χ0v) is 26.2. The number of carboxylic acid groups (broad SMARTS) is 1. The van der Waals surface area contributed by atoms with Crippen LogP contribution in [0.25, 0.3) is 22.0 Å². The average Bonchev–Trinajstić information content (AvgIpc) is 3.05. The molecule has 2 atom stereocenters. The summed E-state index contributed by atoms with van der Waals surface area (Å²) >= 11 is 0. The van der Waals surface area contributed by atoms with Crippen LogP contribution < -0.4 is 21.1 Å². The Labute approximate surface area is 272 Å². The number of halogens is 4. The summed E-state index contributed by atoms with van der Waals surface area (Å²) in [7, 11) is 1.74. The highest BCUT2D eigenvalue weighted by Crippen LogP contribution is 2.33. The number of pyridine rings is 2. The van der Waals surface area contributed by atoms with Gasteiger partial charge in [0.05, 0.1) is 24.3 Å². The number of nitrogens with zero attached hydrogens (tertiary/aromatic N) is 3. The molecule has 0 aliphatic carbocycles. The second kappa shape index (κ2) is 13.0. The summed E-state index contributed by atoms with van der Waals surface area (Å²) in [6.45, 7) is 2.04. The number of aromatic nitrogens is 2. The highest BCUT2D eigenvalue weighted by atomic mass is 19.4. The average molecular weight is 668 g/mol.